The van der Waals surface area contributed by atoms with Crippen LogP contribution < -0.4 is 0 Å². The molecule has 0 rings (SSSR count). The summed E-state index contributed by atoms with van der Waals surface area (Å²) in [5, 5.41) is 0. The van der Waals surface area contributed by atoms with Crippen molar-refractivity contribution in [1.82, 2.24) is 0 Å². The van der Waals surface area contributed by atoms with Crippen LogP contribution in [0.4, 0.5) is 0 Å². The Morgan fingerprint density at radius 3 is 1.04 bits per heavy atom. The zero-order valence-corrected chi connectivity index (χ0v) is 32.2. The minimum absolute atomic E-state index is 0.108. The lowest BCUT2D eigenvalue weighted by Gasteiger charge is -2.16. The van der Waals surface area contributed by atoms with Crippen LogP contribution >= 0.6 is 0 Å². The summed E-state index contributed by atoms with van der Waals surface area (Å²) in [4.78, 5) is 13.1. The van der Waals surface area contributed by atoms with Gasteiger partial charge in [0.15, 0.2) is 0 Å². The molecule has 0 aliphatic rings. The number of carbonyl (C=O) groups excluding carboxylic acids is 1. The summed E-state index contributed by atoms with van der Waals surface area (Å²) in [6.45, 7) is 7.50. The summed E-state index contributed by atoms with van der Waals surface area (Å²) in [6, 6.07) is 0. The van der Waals surface area contributed by atoms with Crippen molar-refractivity contribution >= 4 is 5.97 Å². The molecule has 0 N–H and O–H groups in total. The van der Waals surface area contributed by atoms with Crippen LogP contribution in [-0.2, 0) is 9.53 Å². The number of carbonyl (C=O) groups is 1. The van der Waals surface area contributed by atoms with E-state index in [1.165, 1.54) is 212 Å². The maximum atomic E-state index is 13.1. The van der Waals surface area contributed by atoms with Gasteiger partial charge in [0, 0.05) is 0 Å². The molecule has 0 aromatic rings. The zero-order valence-electron chi connectivity index (χ0n) is 32.2. The van der Waals surface area contributed by atoms with Crippen molar-refractivity contribution in [2.75, 3.05) is 6.61 Å². The van der Waals surface area contributed by atoms with E-state index in [4.69, 9.17) is 4.74 Å². The molecule has 0 radical (unpaired) electrons. The Labute approximate surface area is 291 Å². The van der Waals surface area contributed by atoms with Gasteiger partial charge in [-0.05, 0) is 44.9 Å². The SMILES string of the molecule is CCCCCC/C=C\CCCCCCC(CCCCCCCCCCCCCC)C(=O)OCCCCCCCCCCCCCC. The molecule has 0 amide bonds. The van der Waals surface area contributed by atoms with Crippen molar-refractivity contribution in [1.29, 1.82) is 0 Å². The van der Waals surface area contributed by atoms with Gasteiger partial charge in [-0.25, -0.2) is 0 Å². The molecule has 46 heavy (non-hydrogen) atoms. The quantitative estimate of drug-likeness (QED) is 0.0377. The standard InChI is InChI=1S/C44H86O2/c1-4-7-10-13-16-19-22-25-28-31-34-37-40-43(41-38-35-32-29-26-23-20-17-14-11-8-5-2)44(45)46-42-39-36-33-30-27-24-21-18-15-12-9-6-3/h19,22,43H,4-18,20-21,23-42H2,1-3H3/b22-19-. The summed E-state index contributed by atoms with van der Waals surface area (Å²) < 4.78 is 5.86. The van der Waals surface area contributed by atoms with Gasteiger partial charge in [-0.2, -0.15) is 0 Å². The molecule has 274 valence electrons. The third kappa shape index (κ3) is 36.1. The van der Waals surface area contributed by atoms with Gasteiger partial charge < -0.3 is 4.74 Å². The van der Waals surface area contributed by atoms with Gasteiger partial charge in [-0.1, -0.05) is 219 Å². The number of hydrogen-bond donors (Lipinski definition) is 0. The summed E-state index contributed by atoms with van der Waals surface area (Å²) in [6.07, 6.45) is 52.3. The molecule has 0 saturated carbocycles. The van der Waals surface area contributed by atoms with Gasteiger partial charge in [0.2, 0.25) is 0 Å². The van der Waals surface area contributed by atoms with Gasteiger partial charge >= 0.3 is 5.97 Å². The van der Waals surface area contributed by atoms with Crippen molar-refractivity contribution in [3.05, 3.63) is 12.2 Å². The predicted molar refractivity (Wildman–Crippen MR) is 207 cm³/mol. The van der Waals surface area contributed by atoms with E-state index in [0.717, 1.165) is 19.3 Å². The van der Waals surface area contributed by atoms with Crippen LogP contribution in [0.2, 0.25) is 0 Å². The second-order valence-electron chi connectivity index (χ2n) is 14.7. The van der Waals surface area contributed by atoms with Crippen LogP contribution in [0.3, 0.4) is 0 Å². The first-order valence-electron chi connectivity index (χ1n) is 21.6. The van der Waals surface area contributed by atoms with E-state index >= 15 is 0 Å². The second-order valence-corrected chi connectivity index (χ2v) is 14.7. The number of rotatable bonds is 39. The van der Waals surface area contributed by atoms with Crippen LogP contribution in [-0.4, -0.2) is 12.6 Å². The van der Waals surface area contributed by atoms with E-state index in [9.17, 15) is 4.79 Å². The molecule has 0 aromatic carbocycles. The maximum Gasteiger partial charge on any atom is 0.308 e. The largest absolute Gasteiger partial charge is 0.465 e. The highest BCUT2D eigenvalue weighted by molar-refractivity contribution is 5.72. The van der Waals surface area contributed by atoms with Crippen molar-refractivity contribution in [2.45, 2.75) is 252 Å². The van der Waals surface area contributed by atoms with Gasteiger partial charge in [0.05, 0.1) is 12.5 Å². The first-order chi connectivity index (χ1) is 22.8. The molecule has 0 aliphatic heterocycles. The van der Waals surface area contributed by atoms with Crippen molar-refractivity contribution in [3.63, 3.8) is 0 Å². The van der Waals surface area contributed by atoms with Gasteiger partial charge in [-0.3, -0.25) is 4.79 Å². The number of ether oxygens (including phenoxy) is 1. The predicted octanol–water partition coefficient (Wildman–Crippen LogP) is 15.8. The third-order valence-electron chi connectivity index (χ3n) is 10.0. The maximum absolute atomic E-state index is 13.1. The Morgan fingerprint density at radius 1 is 0.391 bits per heavy atom. The highest BCUT2D eigenvalue weighted by atomic mass is 16.5. The molecule has 0 saturated heterocycles. The molecular formula is C44H86O2. The molecule has 2 heteroatoms. The zero-order chi connectivity index (χ0) is 33.4. The Balaban J connectivity index is 4.10. The van der Waals surface area contributed by atoms with E-state index in [-0.39, 0.29) is 11.9 Å². The van der Waals surface area contributed by atoms with E-state index in [2.05, 4.69) is 32.9 Å². The van der Waals surface area contributed by atoms with Crippen molar-refractivity contribution in [2.24, 2.45) is 5.92 Å². The normalized spacial score (nSPS) is 12.3. The molecule has 0 aromatic heterocycles. The van der Waals surface area contributed by atoms with E-state index in [0.29, 0.717) is 6.61 Å². The minimum atomic E-state index is 0.108. The number of esters is 1. The highest BCUT2D eigenvalue weighted by Gasteiger charge is 2.19. The van der Waals surface area contributed by atoms with Crippen LogP contribution in [0, 0.1) is 5.92 Å². The number of hydrogen-bond acceptors (Lipinski definition) is 2. The van der Waals surface area contributed by atoms with Crippen LogP contribution in [0.15, 0.2) is 12.2 Å². The summed E-state index contributed by atoms with van der Waals surface area (Å²) >= 11 is 0. The lowest BCUT2D eigenvalue weighted by atomic mass is 9.94. The average Bonchev–Trinajstić information content (AvgIpc) is 3.06. The van der Waals surface area contributed by atoms with E-state index in [1.807, 2.05) is 0 Å². The first kappa shape index (κ1) is 45.2. The fourth-order valence-corrected chi connectivity index (χ4v) is 6.78. The van der Waals surface area contributed by atoms with Gasteiger partial charge in [0.1, 0.15) is 0 Å². The summed E-state index contributed by atoms with van der Waals surface area (Å²) in [5.74, 6) is 0.237. The number of unbranched alkanes of at least 4 members (excludes halogenated alkanes) is 30. The molecule has 0 spiro atoms. The fraction of sp³-hybridized carbons (Fsp3) is 0.932. The number of allylic oxidation sites excluding steroid dienone is 2. The van der Waals surface area contributed by atoms with Gasteiger partial charge in [-0.15, -0.1) is 0 Å². The monoisotopic (exact) mass is 647 g/mol. The van der Waals surface area contributed by atoms with Crippen molar-refractivity contribution < 1.29 is 9.53 Å². The molecule has 0 fully saturated rings. The Morgan fingerprint density at radius 2 is 0.674 bits per heavy atom. The topological polar surface area (TPSA) is 26.3 Å². The van der Waals surface area contributed by atoms with Crippen LogP contribution in [0.25, 0.3) is 0 Å². The molecule has 1 unspecified atom stereocenters. The molecule has 0 bridgehead atoms. The summed E-state index contributed by atoms with van der Waals surface area (Å²) in [7, 11) is 0. The smallest absolute Gasteiger partial charge is 0.308 e. The lowest BCUT2D eigenvalue weighted by Crippen LogP contribution is -2.18. The van der Waals surface area contributed by atoms with Crippen LogP contribution in [0.5, 0.6) is 0 Å². The van der Waals surface area contributed by atoms with Gasteiger partial charge in [0.25, 0.3) is 0 Å². The second kappa shape index (κ2) is 40.4. The Bertz CT molecular complexity index is 597. The fourth-order valence-electron chi connectivity index (χ4n) is 6.78. The molecule has 2 nitrogen and oxygen atoms in total. The first-order valence-corrected chi connectivity index (χ1v) is 21.6. The van der Waals surface area contributed by atoms with E-state index in [1.54, 1.807) is 0 Å². The third-order valence-corrected chi connectivity index (χ3v) is 10.0. The van der Waals surface area contributed by atoms with E-state index < -0.39 is 0 Å². The molecule has 0 heterocycles. The Hall–Kier alpha value is -0.790. The van der Waals surface area contributed by atoms with Crippen molar-refractivity contribution in [3.8, 4) is 0 Å². The average molecular weight is 647 g/mol. The minimum Gasteiger partial charge on any atom is -0.465 e. The molecule has 1 atom stereocenters. The Kier molecular flexibility index (Phi) is 39.7. The highest BCUT2D eigenvalue weighted by Crippen LogP contribution is 2.22. The molecular weight excluding hydrogens is 560 g/mol. The lowest BCUT2D eigenvalue weighted by molar-refractivity contribution is -0.149. The summed E-state index contributed by atoms with van der Waals surface area (Å²) in [5.41, 5.74) is 0. The van der Waals surface area contributed by atoms with Crippen LogP contribution in [0.1, 0.15) is 252 Å². The molecule has 0 aliphatic carbocycles.